The van der Waals surface area contributed by atoms with Gasteiger partial charge in [-0.1, -0.05) is 0 Å². The zero-order valence-electron chi connectivity index (χ0n) is 23.3. The van der Waals surface area contributed by atoms with E-state index in [-0.39, 0.29) is 37.8 Å². The zero-order chi connectivity index (χ0) is 30.5. The number of carboxylic acids is 1. The number of amides is 2. The number of aromatic nitrogens is 4. The first kappa shape index (κ1) is 31.9. The highest BCUT2D eigenvalue weighted by molar-refractivity contribution is 5.98. The van der Waals surface area contributed by atoms with Crippen molar-refractivity contribution in [2.75, 3.05) is 62.9 Å². The number of rotatable bonds is 17. The molecule has 3 aromatic rings. The summed E-state index contributed by atoms with van der Waals surface area (Å²) in [4.78, 5) is 55.3. The molecule has 2 amide bonds. The molecule has 0 bridgehead atoms. The van der Waals surface area contributed by atoms with Crippen LogP contribution in [0.2, 0.25) is 0 Å². The number of nitrogen functional groups attached to an aromatic ring is 2. The molecule has 0 aliphatic rings. The molecule has 0 aliphatic carbocycles. The van der Waals surface area contributed by atoms with Crippen LogP contribution in [0, 0.1) is 0 Å². The number of nitrogens with one attached hydrogen (secondary N) is 2. The lowest BCUT2D eigenvalue weighted by Crippen LogP contribution is -2.47. The topological polar surface area (TPSA) is 247 Å². The lowest BCUT2D eigenvalue weighted by atomic mass is 10.1. The lowest BCUT2D eigenvalue weighted by Gasteiger charge is -2.20. The van der Waals surface area contributed by atoms with E-state index in [1.165, 1.54) is 0 Å². The van der Waals surface area contributed by atoms with Crippen molar-refractivity contribution in [2.24, 2.45) is 5.73 Å². The van der Waals surface area contributed by atoms with E-state index >= 15 is 0 Å². The summed E-state index contributed by atoms with van der Waals surface area (Å²) < 4.78 is 10.6. The molecule has 42 heavy (non-hydrogen) atoms. The molecule has 1 atom stereocenters. The van der Waals surface area contributed by atoms with Crippen molar-refractivity contribution in [2.45, 2.75) is 25.4 Å². The van der Waals surface area contributed by atoms with Crippen LogP contribution in [0.25, 0.3) is 11.2 Å². The highest BCUT2D eigenvalue weighted by atomic mass is 16.5. The maximum absolute atomic E-state index is 12.9. The van der Waals surface area contributed by atoms with Crippen LogP contribution in [0.5, 0.6) is 0 Å². The monoisotopic (exact) mass is 584 g/mol. The molecule has 0 saturated carbocycles. The standard InChI is InChI=1S/C26H36N10O6/c1-36(15-17-14-31-23-21(32-17)22(28)34-26(29)35-23)18-4-2-16(3-5-18)24(39)33-19(6-7-20(37)38)25(40)30-9-11-42-13-12-41-10-8-27/h2-5,14,19H,6-13,15,27H2,1H3,(H,30,40)(H,33,39)(H,37,38)(H4,28,29,31,34,35)/t19-/m0/s1. The van der Waals surface area contributed by atoms with Crippen molar-refractivity contribution in [1.29, 1.82) is 0 Å². The quantitative estimate of drug-likeness (QED) is 0.107. The summed E-state index contributed by atoms with van der Waals surface area (Å²) in [7, 11) is 1.84. The van der Waals surface area contributed by atoms with Gasteiger partial charge in [0.1, 0.15) is 6.04 Å². The second-order valence-electron chi connectivity index (χ2n) is 9.17. The fourth-order valence-electron chi connectivity index (χ4n) is 3.81. The van der Waals surface area contributed by atoms with E-state index in [0.717, 1.165) is 5.69 Å². The van der Waals surface area contributed by atoms with Crippen LogP contribution in [-0.4, -0.2) is 95.4 Å². The number of carbonyl (C=O) groups excluding carboxylic acids is 2. The van der Waals surface area contributed by atoms with E-state index in [9.17, 15) is 14.4 Å². The molecule has 0 aliphatic heterocycles. The SMILES string of the molecule is CN(Cc1cnc2nc(N)nc(N)c2n1)c1ccc(C(=O)N[C@@H](CCC(=O)O)C(=O)NCCOCCOCCN)cc1. The first-order chi connectivity index (χ1) is 20.2. The van der Waals surface area contributed by atoms with Crippen molar-refractivity contribution in [3.63, 3.8) is 0 Å². The summed E-state index contributed by atoms with van der Waals surface area (Å²) in [6, 6.07) is 5.65. The van der Waals surface area contributed by atoms with Crippen LogP contribution in [0.3, 0.4) is 0 Å². The average Bonchev–Trinajstić information content (AvgIpc) is 2.96. The summed E-state index contributed by atoms with van der Waals surface area (Å²) in [6.07, 6.45) is 1.20. The number of ether oxygens (including phenoxy) is 2. The molecule has 0 unspecified atom stereocenters. The molecule has 2 heterocycles. The highest BCUT2D eigenvalue weighted by Gasteiger charge is 2.22. The summed E-state index contributed by atoms with van der Waals surface area (Å²) in [6.45, 7) is 2.38. The largest absolute Gasteiger partial charge is 0.481 e. The van der Waals surface area contributed by atoms with E-state index < -0.39 is 23.8 Å². The minimum atomic E-state index is -1.08. The Labute approximate surface area is 242 Å². The predicted molar refractivity (Wildman–Crippen MR) is 154 cm³/mol. The third-order valence-corrected chi connectivity index (χ3v) is 5.92. The Bertz CT molecular complexity index is 1360. The van der Waals surface area contributed by atoms with Crippen molar-refractivity contribution in [3.8, 4) is 0 Å². The maximum atomic E-state index is 12.9. The van der Waals surface area contributed by atoms with Gasteiger partial charge in [0.15, 0.2) is 17.0 Å². The number of nitrogens with two attached hydrogens (primary N) is 3. The van der Waals surface area contributed by atoms with Gasteiger partial charge in [-0.15, -0.1) is 0 Å². The van der Waals surface area contributed by atoms with E-state index in [2.05, 4.69) is 30.6 Å². The Morgan fingerprint density at radius 3 is 2.43 bits per heavy atom. The Kier molecular flexibility index (Phi) is 12.1. The Morgan fingerprint density at radius 1 is 1.02 bits per heavy atom. The zero-order valence-corrected chi connectivity index (χ0v) is 23.3. The second kappa shape index (κ2) is 15.9. The van der Waals surface area contributed by atoms with Crippen LogP contribution in [0.4, 0.5) is 17.5 Å². The first-order valence-electron chi connectivity index (χ1n) is 13.2. The molecular weight excluding hydrogens is 548 g/mol. The minimum absolute atomic E-state index is 0.0166. The van der Waals surface area contributed by atoms with Crippen molar-refractivity contribution in [1.82, 2.24) is 30.6 Å². The summed E-state index contributed by atoms with van der Waals surface area (Å²) in [5.74, 6) is -1.95. The second-order valence-corrected chi connectivity index (χ2v) is 9.17. The Hall–Kier alpha value is -4.67. The summed E-state index contributed by atoms with van der Waals surface area (Å²) >= 11 is 0. The molecule has 16 nitrogen and oxygen atoms in total. The van der Waals surface area contributed by atoms with Crippen LogP contribution in [0.1, 0.15) is 28.9 Å². The number of carbonyl (C=O) groups is 3. The molecule has 2 aromatic heterocycles. The fourth-order valence-corrected chi connectivity index (χ4v) is 3.81. The number of aliphatic carboxylic acids is 1. The molecule has 16 heteroatoms. The molecule has 9 N–H and O–H groups in total. The molecular formula is C26H36N10O6. The first-order valence-corrected chi connectivity index (χ1v) is 13.2. The number of carboxylic acid groups (broad SMARTS) is 1. The van der Waals surface area contributed by atoms with Gasteiger partial charge in [0.05, 0.1) is 44.9 Å². The summed E-state index contributed by atoms with van der Waals surface area (Å²) in [5.41, 5.74) is 19.2. The molecule has 0 spiro atoms. The summed E-state index contributed by atoms with van der Waals surface area (Å²) in [5, 5.41) is 14.4. The number of nitrogens with zero attached hydrogens (tertiary/aromatic N) is 5. The van der Waals surface area contributed by atoms with Crippen molar-refractivity contribution < 1.29 is 29.0 Å². The molecule has 1 aromatic carbocycles. The van der Waals surface area contributed by atoms with Crippen LogP contribution in [0.15, 0.2) is 30.5 Å². The van der Waals surface area contributed by atoms with E-state index in [0.29, 0.717) is 55.3 Å². The van der Waals surface area contributed by atoms with Gasteiger partial charge in [0.2, 0.25) is 11.9 Å². The normalized spacial score (nSPS) is 11.7. The molecule has 0 saturated heterocycles. The average molecular weight is 585 g/mol. The van der Waals surface area contributed by atoms with Gasteiger partial charge in [-0.25, -0.2) is 9.97 Å². The van der Waals surface area contributed by atoms with E-state index in [1.54, 1.807) is 30.5 Å². The predicted octanol–water partition coefficient (Wildman–Crippen LogP) is -0.708. The maximum Gasteiger partial charge on any atom is 0.303 e. The third kappa shape index (κ3) is 9.76. The van der Waals surface area contributed by atoms with Crippen molar-refractivity contribution in [3.05, 3.63) is 41.7 Å². The van der Waals surface area contributed by atoms with Crippen LogP contribution >= 0.6 is 0 Å². The van der Waals surface area contributed by atoms with Gasteiger partial charge in [-0.3, -0.25) is 14.4 Å². The fraction of sp³-hybridized carbons (Fsp3) is 0.423. The van der Waals surface area contributed by atoms with Crippen molar-refractivity contribution >= 4 is 46.4 Å². The van der Waals surface area contributed by atoms with Gasteiger partial charge in [0, 0.05) is 37.8 Å². The van der Waals surface area contributed by atoms with Gasteiger partial charge >= 0.3 is 5.97 Å². The molecule has 226 valence electrons. The number of anilines is 3. The van der Waals surface area contributed by atoms with Crippen LogP contribution < -0.4 is 32.7 Å². The van der Waals surface area contributed by atoms with E-state index in [1.807, 2.05) is 11.9 Å². The number of fused-ring (bicyclic) bond motifs is 1. The number of hydrogen-bond acceptors (Lipinski definition) is 13. The number of benzene rings is 1. The van der Waals surface area contributed by atoms with Gasteiger partial charge in [-0.2, -0.15) is 9.97 Å². The third-order valence-electron chi connectivity index (χ3n) is 5.92. The molecule has 0 fully saturated rings. The Morgan fingerprint density at radius 2 is 1.74 bits per heavy atom. The van der Waals surface area contributed by atoms with E-state index in [4.69, 9.17) is 31.8 Å². The molecule has 3 rings (SSSR count). The highest BCUT2D eigenvalue weighted by Crippen LogP contribution is 2.19. The number of hydrogen-bond donors (Lipinski definition) is 6. The lowest BCUT2D eigenvalue weighted by molar-refractivity contribution is -0.137. The minimum Gasteiger partial charge on any atom is -0.481 e. The smallest absolute Gasteiger partial charge is 0.303 e. The van der Waals surface area contributed by atoms with Crippen LogP contribution in [-0.2, 0) is 25.6 Å². The van der Waals surface area contributed by atoms with Gasteiger partial charge in [-0.05, 0) is 30.7 Å². The van der Waals surface area contributed by atoms with Gasteiger partial charge in [0.25, 0.3) is 5.91 Å². The van der Waals surface area contributed by atoms with Gasteiger partial charge < -0.3 is 47.3 Å². The Balaban J connectivity index is 1.55. The molecule has 0 radical (unpaired) electrons.